The molecule has 0 N–H and O–H groups in total. The molecule has 6 heteroatoms. The number of hydrogen-bond acceptors (Lipinski definition) is 3. The van der Waals surface area contributed by atoms with E-state index in [4.69, 9.17) is 4.74 Å². The molecule has 0 saturated heterocycles. The molecule has 0 atom stereocenters. The van der Waals surface area contributed by atoms with Crippen LogP contribution >= 0.6 is 15.9 Å². The lowest BCUT2D eigenvalue weighted by atomic mass is 10.1. The third kappa shape index (κ3) is 4.66. The summed E-state index contributed by atoms with van der Waals surface area (Å²) in [7, 11) is 1.80. The van der Waals surface area contributed by atoms with Crippen LogP contribution in [0.25, 0.3) is 5.65 Å². The molecule has 0 unspecified atom stereocenters. The first kappa shape index (κ1) is 19.2. The van der Waals surface area contributed by atoms with Crippen LogP contribution in [0.2, 0.25) is 0 Å². The first-order valence-corrected chi connectivity index (χ1v) is 10.0. The van der Waals surface area contributed by atoms with E-state index in [1.807, 2.05) is 71.4 Å². The molecule has 2 aromatic heterocycles. The fourth-order valence-corrected chi connectivity index (χ4v) is 3.35. The van der Waals surface area contributed by atoms with Crippen molar-refractivity contribution in [2.24, 2.45) is 0 Å². The number of benzene rings is 2. The Balaban J connectivity index is 1.41. The van der Waals surface area contributed by atoms with Crippen molar-refractivity contribution in [2.75, 3.05) is 7.05 Å². The summed E-state index contributed by atoms with van der Waals surface area (Å²) >= 11 is 3.43. The van der Waals surface area contributed by atoms with Gasteiger partial charge in [-0.1, -0.05) is 40.2 Å². The van der Waals surface area contributed by atoms with Gasteiger partial charge in [0.2, 0.25) is 0 Å². The number of halogens is 1. The Kier molecular flexibility index (Phi) is 5.62. The first-order valence-electron chi connectivity index (χ1n) is 9.24. The number of hydrogen-bond donors (Lipinski definition) is 0. The molecule has 5 nitrogen and oxygen atoms in total. The van der Waals surface area contributed by atoms with Crippen LogP contribution in [-0.4, -0.2) is 27.2 Å². The van der Waals surface area contributed by atoms with Crippen LogP contribution in [0, 0.1) is 0 Å². The van der Waals surface area contributed by atoms with Crippen molar-refractivity contribution in [2.45, 2.75) is 13.2 Å². The van der Waals surface area contributed by atoms with E-state index in [0.29, 0.717) is 24.5 Å². The van der Waals surface area contributed by atoms with Crippen molar-refractivity contribution >= 4 is 27.5 Å². The highest BCUT2D eigenvalue weighted by Gasteiger charge is 2.13. The predicted molar refractivity (Wildman–Crippen MR) is 116 cm³/mol. The Labute approximate surface area is 177 Å². The minimum absolute atomic E-state index is 0.0499. The molecular weight excluding hydrogens is 430 g/mol. The van der Waals surface area contributed by atoms with Gasteiger partial charge in [0.15, 0.2) is 0 Å². The third-order valence-electron chi connectivity index (χ3n) is 4.56. The summed E-state index contributed by atoms with van der Waals surface area (Å²) in [6, 6.07) is 21.1. The van der Waals surface area contributed by atoms with Gasteiger partial charge in [-0.25, -0.2) is 4.98 Å². The highest BCUT2D eigenvalue weighted by atomic mass is 79.9. The van der Waals surface area contributed by atoms with Crippen molar-refractivity contribution in [3.05, 3.63) is 100 Å². The van der Waals surface area contributed by atoms with Gasteiger partial charge in [0, 0.05) is 36.0 Å². The third-order valence-corrected chi connectivity index (χ3v) is 5.09. The van der Waals surface area contributed by atoms with E-state index in [0.717, 1.165) is 21.4 Å². The normalized spacial score (nSPS) is 10.8. The van der Waals surface area contributed by atoms with E-state index < -0.39 is 0 Å². The molecular formula is C23H20BrN3O2. The Bertz CT molecular complexity index is 1110. The van der Waals surface area contributed by atoms with E-state index in [2.05, 4.69) is 20.9 Å². The minimum atomic E-state index is -0.0499. The molecule has 0 spiro atoms. The van der Waals surface area contributed by atoms with Gasteiger partial charge in [-0.2, -0.15) is 0 Å². The molecule has 146 valence electrons. The molecule has 0 aliphatic heterocycles. The molecule has 4 rings (SSSR count). The molecule has 2 aromatic carbocycles. The molecule has 0 aliphatic rings. The number of fused-ring (bicyclic) bond motifs is 1. The summed E-state index contributed by atoms with van der Waals surface area (Å²) in [4.78, 5) is 19.0. The molecule has 29 heavy (non-hydrogen) atoms. The Hall–Kier alpha value is -3.12. The van der Waals surface area contributed by atoms with Gasteiger partial charge < -0.3 is 14.0 Å². The maximum atomic E-state index is 12.8. The van der Waals surface area contributed by atoms with Crippen LogP contribution in [0.5, 0.6) is 5.75 Å². The zero-order valence-corrected chi connectivity index (χ0v) is 17.5. The number of ether oxygens (including phenoxy) is 1. The number of pyridine rings is 1. The maximum absolute atomic E-state index is 12.8. The van der Waals surface area contributed by atoms with Crippen molar-refractivity contribution in [3.63, 3.8) is 0 Å². The van der Waals surface area contributed by atoms with E-state index in [9.17, 15) is 4.79 Å². The molecule has 0 saturated carbocycles. The number of amides is 1. The van der Waals surface area contributed by atoms with E-state index >= 15 is 0 Å². The Morgan fingerprint density at radius 2 is 1.93 bits per heavy atom. The van der Waals surface area contributed by atoms with Gasteiger partial charge in [0.1, 0.15) is 18.0 Å². The fraction of sp³-hybridized carbons (Fsp3) is 0.130. The van der Waals surface area contributed by atoms with Gasteiger partial charge in [0.25, 0.3) is 5.91 Å². The summed E-state index contributed by atoms with van der Waals surface area (Å²) in [6.45, 7) is 0.881. The van der Waals surface area contributed by atoms with E-state index in [1.54, 1.807) is 24.1 Å². The van der Waals surface area contributed by atoms with E-state index in [1.165, 1.54) is 0 Å². The molecule has 1 amide bonds. The SMILES string of the molecule is CN(Cc1ccc(Br)cc1)C(=O)c1cccc(OCc2cn3ccccc3n2)c1. The number of carbonyl (C=O) groups is 1. The predicted octanol–water partition coefficient (Wildman–Crippen LogP) is 4.95. The van der Waals surface area contributed by atoms with Crippen molar-refractivity contribution in [1.29, 1.82) is 0 Å². The van der Waals surface area contributed by atoms with Crippen LogP contribution in [-0.2, 0) is 13.2 Å². The number of carbonyl (C=O) groups excluding carboxylic acids is 1. The van der Waals surface area contributed by atoms with Crippen LogP contribution < -0.4 is 4.74 Å². The van der Waals surface area contributed by atoms with Gasteiger partial charge in [-0.05, 0) is 48.0 Å². The van der Waals surface area contributed by atoms with Crippen LogP contribution in [0.3, 0.4) is 0 Å². The van der Waals surface area contributed by atoms with Crippen LogP contribution in [0.4, 0.5) is 0 Å². The largest absolute Gasteiger partial charge is 0.487 e. The molecule has 0 radical (unpaired) electrons. The van der Waals surface area contributed by atoms with Crippen LogP contribution in [0.1, 0.15) is 21.6 Å². The van der Waals surface area contributed by atoms with Gasteiger partial charge in [-0.3, -0.25) is 4.79 Å². The maximum Gasteiger partial charge on any atom is 0.254 e. The summed E-state index contributed by atoms with van der Waals surface area (Å²) in [5.41, 5.74) is 3.38. The van der Waals surface area contributed by atoms with Crippen molar-refractivity contribution in [3.8, 4) is 5.75 Å². The topological polar surface area (TPSA) is 46.8 Å². The minimum Gasteiger partial charge on any atom is -0.487 e. The lowest BCUT2D eigenvalue weighted by Gasteiger charge is -2.18. The average molecular weight is 450 g/mol. The summed E-state index contributed by atoms with van der Waals surface area (Å²) in [5.74, 6) is 0.594. The average Bonchev–Trinajstić information content (AvgIpc) is 3.16. The van der Waals surface area contributed by atoms with Gasteiger partial charge in [0.05, 0.1) is 5.69 Å². The number of rotatable bonds is 6. The lowest BCUT2D eigenvalue weighted by Crippen LogP contribution is -2.26. The van der Waals surface area contributed by atoms with Gasteiger partial charge in [-0.15, -0.1) is 0 Å². The smallest absolute Gasteiger partial charge is 0.254 e. The molecule has 0 fully saturated rings. The van der Waals surface area contributed by atoms with E-state index in [-0.39, 0.29) is 5.91 Å². The zero-order valence-electron chi connectivity index (χ0n) is 16.0. The second kappa shape index (κ2) is 8.49. The van der Waals surface area contributed by atoms with Crippen molar-refractivity contribution in [1.82, 2.24) is 14.3 Å². The molecule has 4 aromatic rings. The Morgan fingerprint density at radius 3 is 2.72 bits per heavy atom. The second-order valence-corrected chi connectivity index (χ2v) is 7.72. The zero-order chi connectivity index (χ0) is 20.2. The summed E-state index contributed by atoms with van der Waals surface area (Å²) in [5, 5.41) is 0. The lowest BCUT2D eigenvalue weighted by molar-refractivity contribution is 0.0784. The highest BCUT2D eigenvalue weighted by molar-refractivity contribution is 9.10. The number of nitrogens with zero attached hydrogens (tertiary/aromatic N) is 3. The quantitative estimate of drug-likeness (QED) is 0.418. The monoisotopic (exact) mass is 449 g/mol. The summed E-state index contributed by atoms with van der Waals surface area (Å²) in [6.07, 6.45) is 3.89. The Morgan fingerprint density at radius 1 is 1.10 bits per heavy atom. The number of imidazole rings is 1. The molecule has 0 aliphatic carbocycles. The molecule has 2 heterocycles. The highest BCUT2D eigenvalue weighted by Crippen LogP contribution is 2.18. The summed E-state index contributed by atoms with van der Waals surface area (Å²) < 4.78 is 8.85. The van der Waals surface area contributed by atoms with Gasteiger partial charge >= 0.3 is 0 Å². The van der Waals surface area contributed by atoms with Crippen molar-refractivity contribution < 1.29 is 9.53 Å². The first-order chi connectivity index (χ1) is 14.1. The fourth-order valence-electron chi connectivity index (χ4n) is 3.09. The standard InChI is InChI=1S/C23H20BrN3O2/c1-26(14-17-8-10-19(24)11-9-17)23(28)18-5-4-6-21(13-18)29-16-20-15-27-12-3-2-7-22(27)25-20/h2-13,15H,14,16H2,1H3. The number of aromatic nitrogens is 2. The van der Waals surface area contributed by atoms with Crippen LogP contribution in [0.15, 0.2) is 83.6 Å². The second-order valence-electron chi connectivity index (χ2n) is 6.80. The molecule has 0 bridgehead atoms.